The molecular weight excluding hydrogens is 442 g/mol. The van der Waals surface area contributed by atoms with Gasteiger partial charge < -0.3 is 24.1 Å². The highest BCUT2D eigenvalue weighted by Gasteiger charge is 2.24. The molecule has 160 valence electrons. The lowest BCUT2D eigenvalue weighted by molar-refractivity contribution is 0.0511. The van der Waals surface area contributed by atoms with Gasteiger partial charge in [0.15, 0.2) is 5.75 Å². The van der Waals surface area contributed by atoms with E-state index in [0.29, 0.717) is 28.3 Å². The van der Waals surface area contributed by atoms with Crippen molar-refractivity contribution in [2.75, 3.05) is 19.8 Å². The third-order valence-corrected chi connectivity index (χ3v) is 4.47. The standard InChI is InChI=1S/C20H28BrN3O5/c1-7-27-15-10-13-9-14(18(25)28-8-2)24(17(13)23-16(15)21)12(3)11-22-19(26)29-20(4,5)6/h9-10,12H,7-8,11H2,1-6H3,(H,22,26). The van der Waals surface area contributed by atoms with Gasteiger partial charge in [0.2, 0.25) is 0 Å². The lowest BCUT2D eigenvalue weighted by atomic mass is 10.2. The van der Waals surface area contributed by atoms with Crippen LogP contribution in [0.2, 0.25) is 0 Å². The molecule has 1 atom stereocenters. The van der Waals surface area contributed by atoms with Crippen molar-refractivity contribution in [3.05, 3.63) is 22.4 Å². The summed E-state index contributed by atoms with van der Waals surface area (Å²) in [5.41, 5.74) is 0.348. The van der Waals surface area contributed by atoms with Crippen molar-refractivity contribution >= 4 is 39.0 Å². The number of alkyl carbamates (subject to hydrolysis) is 1. The maximum absolute atomic E-state index is 12.5. The highest BCUT2D eigenvalue weighted by molar-refractivity contribution is 9.10. The van der Waals surface area contributed by atoms with Crippen LogP contribution in [0.15, 0.2) is 16.7 Å². The van der Waals surface area contributed by atoms with Gasteiger partial charge in [0.1, 0.15) is 21.5 Å². The zero-order chi connectivity index (χ0) is 21.8. The molecule has 0 bridgehead atoms. The molecule has 0 saturated carbocycles. The first-order valence-corrected chi connectivity index (χ1v) is 10.3. The summed E-state index contributed by atoms with van der Waals surface area (Å²) in [6, 6.07) is 3.26. The largest absolute Gasteiger partial charge is 0.491 e. The van der Waals surface area contributed by atoms with Crippen LogP contribution in [-0.2, 0) is 9.47 Å². The Labute approximate surface area is 179 Å². The van der Waals surface area contributed by atoms with E-state index in [0.717, 1.165) is 5.39 Å². The summed E-state index contributed by atoms with van der Waals surface area (Å²) in [5, 5.41) is 3.48. The summed E-state index contributed by atoms with van der Waals surface area (Å²) in [4.78, 5) is 29.1. The average Bonchev–Trinajstić information content (AvgIpc) is 2.97. The Kier molecular flexibility index (Phi) is 7.51. The van der Waals surface area contributed by atoms with E-state index in [4.69, 9.17) is 14.2 Å². The Morgan fingerprint density at radius 2 is 1.93 bits per heavy atom. The normalized spacial score (nSPS) is 12.5. The summed E-state index contributed by atoms with van der Waals surface area (Å²) in [6.07, 6.45) is -0.522. The number of pyridine rings is 1. The third kappa shape index (κ3) is 5.85. The van der Waals surface area contributed by atoms with Gasteiger partial charge >= 0.3 is 12.1 Å². The summed E-state index contributed by atoms with van der Waals surface area (Å²) >= 11 is 3.42. The smallest absolute Gasteiger partial charge is 0.407 e. The van der Waals surface area contributed by atoms with Gasteiger partial charge in [-0.3, -0.25) is 0 Å². The molecule has 0 aliphatic carbocycles. The molecular formula is C20H28BrN3O5. The molecule has 2 aromatic rings. The predicted octanol–water partition coefficient (Wildman–Crippen LogP) is 4.46. The zero-order valence-electron chi connectivity index (χ0n) is 17.7. The van der Waals surface area contributed by atoms with Crippen LogP contribution in [0.4, 0.5) is 4.79 Å². The number of rotatable bonds is 7. The molecule has 8 nitrogen and oxygen atoms in total. The number of fused-ring (bicyclic) bond motifs is 1. The second-order valence-electron chi connectivity index (χ2n) is 7.48. The number of amides is 1. The second kappa shape index (κ2) is 9.47. The van der Waals surface area contributed by atoms with Crippen molar-refractivity contribution in [1.29, 1.82) is 0 Å². The van der Waals surface area contributed by atoms with E-state index in [9.17, 15) is 9.59 Å². The molecule has 0 spiro atoms. The summed E-state index contributed by atoms with van der Waals surface area (Å²) < 4.78 is 18.4. The monoisotopic (exact) mass is 469 g/mol. The molecule has 0 aromatic carbocycles. The highest BCUT2D eigenvalue weighted by atomic mass is 79.9. The Balaban J connectivity index is 2.40. The number of halogens is 1. The van der Waals surface area contributed by atoms with Crippen LogP contribution < -0.4 is 10.1 Å². The third-order valence-electron chi connectivity index (χ3n) is 3.90. The number of hydrogen-bond acceptors (Lipinski definition) is 6. The molecule has 2 rings (SSSR count). The fourth-order valence-electron chi connectivity index (χ4n) is 2.81. The van der Waals surface area contributed by atoms with Crippen molar-refractivity contribution in [2.45, 2.75) is 53.2 Å². The minimum Gasteiger partial charge on any atom is -0.491 e. The van der Waals surface area contributed by atoms with Crippen molar-refractivity contribution in [1.82, 2.24) is 14.9 Å². The minimum atomic E-state index is -0.592. The number of nitrogens with one attached hydrogen (secondary N) is 1. The summed E-state index contributed by atoms with van der Waals surface area (Å²) in [5.74, 6) is 0.135. The van der Waals surface area contributed by atoms with Crippen LogP contribution >= 0.6 is 15.9 Å². The molecule has 9 heteroatoms. The van der Waals surface area contributed by atoms with Crippen LogP contribution in [0.5, 0.6) is 5.75 Å². The Morgan fingerprint density at radius 1 is 1.24 bits per heavy atom. The quantitative estimate of drug-likeness (QED) is 0.475. The molecule has 1 N–H and O–H groups in total. The van der Waals surface area contributed by atoms with Crippen LogP contribution in [0, 0.1) is 0 Å². The van der Waals surface area contributed by atoms with Gasteiger partial charge in [-0.15, -0.1) is 0 Å². The zero-order valence-corrected chi connectivity index (χ0v) is 19.3. The molecule has 1 unspecified atom stereocenters. The van der Waals surface area contributed by atoms with Crippen LogP contribution in [0.1, 0.15) is 58.1 Å². The molecule has 2 aromatic heterocycles. The number of hydrogen-bond donors (Lipinski definition) is 1. The van der Waals surface area contributed by atoms with Crippen molar-refractivity contribution in [3.63, 3.8) is 0 Å². The maximum atomic E-state index is 12.5. The van der Waals surface area contributed by atoms with Crippen molar-refractivity contribution < 1.29 is 23.8 Å². The van der Waals surface area contributed by atoms with Gasteiger partial charge in [-0.25, -0.2) is 14.6 Å². The molecule has 0 radical (unpaired) electrons. The van der Waals surface area contributed by atoms with Gasteiger partial charge in [-0.05, 0) is 69.6 Å². The van der Waals surface area contributed by atoms with E-state index in [1.807, 2.05) is 19.9 Å². The van der Waals surface area contributed by atoms with Gasteiger partial charge in [-0.2, -0.15) is 0 Å². The minimum absolute atomic E-state index is 0.248. The number of ether oxygens (including phenoxy) is 3. The predicted molar refractivity (Wildman–Crippen MR) is 114 cm³/mol. The SMILES string of the molecule is CCOC(=O)c1cc2cc(OCC)c(Br)nc2n1C(C)CNC(=O)OC(C)(C)C. The maximum Gasteiger partial charge on any atom is 0.407 e. The van der Waals surface area contributed by atoms with Gasteiger partial charge in [0.05, 0.1) is 19.3 Å². The Bertz CT molecular complexity index is 888. The summed E-state index contributed by atoms with van der Waals surface area (Å²) in [6.45, 7) is 11.9. The van der Waals surface area contributed by atoms with E-state index in [2.05, 4.69) is 26.2 Å². The van der Waals surface area contributed by atoms with Crippen LogP contribution in [0.3, 0.4) is 0 Å². The first-order chi connectivity index (χ1) is 13.6. The first kappa shape index (κ1) is 23.0. The number of esters is 1. The summed E-state index contributed by atoms with van der Waals surface area (Å²) in [7, 11) is 0. The van der Waals surface area contributed by atoms with Crippen LogP contribution in [-0.4, -0.2) is 47.0 Å². The second-order valence-corrected chi connectivity index (χ2v) is 8.23. The van der Waals surface area contributed by atoms with Crippen LogP contribution in [0.25, 0.3) is 11.0 Å². The number of aromatic nitrogens is 2. The number of nitrogens with zero attached hydrogens (tertiary/aromatic N) is 2. The van der Waals surface area contributed by atoms with E-state index in [-0.39, 0.29) is 19.2 Å². The van der Waals surface area contributed by atoms with Crippen molar-refractivity contribution in [2.24, 2.45) is 0 Å². The van der Waals surface area contributed by atoms with E-state index >= 15 is 0 Å². The Hall–Kier alpha value is -2.29. The number of carbonyl (C=O) groups excluding carboxylic acids is 2. The molecule has 1 amide bonds. The van der Waals surface area contributed by atoms with Gasteiger partial charge in [0, 0.05) is 11.9 Å². The topological polar surface area (TPSA) is 91.7 Å². The van der Waals surface area contributed by atoms with Crippen molar-refractivity contribution in [3.8, 4) is 5.75 Å². The molecule has 0 fully saturated rings. The number of carbonyl (C=O) groups is 2. The lowest BCUT2D eigenvalue weighted by Gasteiger charge is -2.22. The molecule has 0 aliphatic heterocycles. The first-order valence-electron chi connectivity index (χ1n) is 9.55. The lowest BCUT2D eigenvalue weighted by Crippen LogP contribution is -2.35. The fourth-order valence-corrected chi connectivity index (χ4v) is 3.21. The van der Waals surface area contributed by atoms with E-state index < -0.39 is 17.7 Å². The van der Waals surface area contributed by atoms with E-state index in [1.54, 1.807) is 38.3 Å². The van der Waals surface area contributed by atoms with Gasteiger partial charge in [0.25, 0.3) is 0 Å². The molecule has 0 aliphatic rings. The molecule has 29 heavy (non-hydrogen) atoms. The molecule has 2 heterocycles. The average molecular weight is 470 g/mol. The highest BCUT2D eigenvalue weighted by Crippen LogP contribution is 2.31. The Morgan fingerprint density at radius 3 is 2.52 bits per heavy atom. The van der Waals surface area contributed by atoms with Gasteiger partial charge in [-0.1, -0.05) is 0 Å². The van der Waals surface area contributed by atoms with E-state index in [1.165, 1.54) is 0 Å². The fraction of sp³-hybridized carbons (Fsp3) is 0.550. The molecule has 0 saturated heterocycles.